The van der Waals surface area contributed by atoms with Gasteiger partial charge in [0.15, 0.2) is 11.5 Å². The Labute approximate surface area is 214 Å². The number of carbonyl (C=O) groups excluding carboxylic acids is 2. The average Bonchev–Trinajstić information content (AvgIpc) is 2.80. The predicted octanol–water partition coefficient (Wildman–Crippen LogP) is 2.93. The van der Waals surface area contributed by atoms with Crippen molar-refractivity contribution in [2.24, 2.45) is 0 Å². The molecule has 0 aromatic heterocycles. The first-order valence-corrected chi connectivity index (χ1v) is 13.8. The molecule has 1 aliphatic rings. The topological polar surface area (TPSA) is 105 Å². The molecule has 0 saturated carbocycles. The third-order valence-electron chi connectivity index (χ3n) is 5.36. The molecule has 0 saturated heterocycles. The fourth-order valence-corrected chi connectivity index (χ4v) is 4.68. The Morgan fingerprint density at radius 1 is 1.03 bits per heavy atom. The van der Waals surface area contributed by atoms with Crippen molar-refractivity contribution in [1.82, 2.24) is 10.2 Å². The maximum absolute atomic E-state index is 13.5. The van der Waals surface area contributed by atoms with Gasteiger partial charge in [-0.15, -0.1) is 0 Å². The van der Waals surface area contributed by atoms with Crippen LogP contribution in [-0.4, -0.2) is 63.2 Å². The van der Waals surface area contributed by atoms with Gasteiger partial charge in [0.2, 0.25) is 21.8 Å². The smallest absolute Gasteiger partial charge is 0.244 e. The van der Waals surface area contributed by atoms with Crippen LogP contribution < -0.4 is 19.1 Å². The molecule has 2 amide bonds. The van der Waals surface area contributed by atoms with E-state index in [1.165, 1.54) is 11.0 Å². The summed E-state index contributed by atoms with van der Waals surface area (Å²) in [5.41, 5.74) is 1.07. The molecule has 0 unspecified atom stereocenters. The fraction of sp³-hybridized carbons (Fsp3) is 0.417. The molecule has 35 heavy (non-hydrogen) atoms. The van der Waals surface area contributed by atoms with Crippen LogP contribution in [-0.2, 0) is 26.2 Å². The normalized spacial score (nSPS) is 13.8. The lowest BCUT2D eigenvalue weighted by Crippen LogP contribution is -2.52. The van der Waals surface area contributed by atoms with Gasteiger partial charge in [-0.25, -0.2) is 8.42 Å². The summed E-state index contributed by atoms with van der Waals surface area (Å²) in [6.45, 7) is 5.70. The monoisotopic (exact) mass is 567 g/mol. The molecule has 0 spiro atoms. The summed E-state index contributed by atoms with van der Waals surface area (Å²) >= 11 is 3.39. The maximum atomic E-state index is 13.5. The minimum absolute atomic E-state index is 0.111. The second-order valence-electron chi connectivity index (χ2n) is 8.58. The van der Waals surface area contributed by atoms with Gasteiger partial charge in [-0.1, -0.05) is 28.1 Å². The van der Waals surface area contributed by atoms with Crippen LogP contribution in [0.25, 0.3) is 0 Å². The van der Waals surface area contributed by atoms with Crippen LogP contribution in [0, 0.1) is 0 Å². The van der Waals surface area contributed by atoms with Gasteiger partial charge in [0.1, 0.15) is 25.8 Å². The Morgan fingerprint density at radius 2 is 1.66 bits per heavy atom. The van der Waals surface area contributed by atoms with Crippen LogP contribution in [0.3, 0.4) is 0 Å². The lowest BCUT2D eigenvalue weighted by Gasteiger charge is -2.32. The average molecular weight is 568 g/mol. The van der Waals surface area contributed by atoms with Crippen LogP contribution in [0.4, 0.5) is 5.69 Å². The highest BCUT2D eigenvalue weighted by atomic mass is 79.9. The molecule has 11 heteroatoms. The molecule has 1 atom stereocenters. The Hall–Kier alpha value is -2.79. The van der Waals surface area contributed by atoms with Crippen molar-refractivity contribution in [2.75, 3.05) is 30.3 Å². The SMILES string of the molecule is CC(C)NC(=O)[C@@H](C)N(Cc1ccc(Br)cc1)C(=O)CN(c1ccc2c(c1)OCCO2)S(C)(=O)=O. The molecule has 0 aliphatic carbocycles. The number of amides is 2. The number of nitrogens with one attached hydrogen (secondary N) is 1. The highest BCUT2D eigenvalue weighted by Gasteiger charge is 2.30. The van der Waals surface area contributed by atoms with E-state index < -0.39 is 28.5 Å². The molecule has 1 aliphatic heterocycles. The van der Waals surface area contributed by atoms with Crippen molar-refractivity contribution in [3.05, 3.63) is 52.5 Å². The highest BCUT2D eigenvalue weighted by Crippen LogP contribution is 2.34. The Morgan fingerprint density at radius 3 is 2.26 bits per heavy atom. The zero-order valence-electron chi connectivity index (χ0n) is 20.2. The predicted molar refractivity (Wildman–Crippen MR) is 137 cm³/mol. The molecule has 1 heterocycles. The summed E-state index contributed by atoms with van der Waals surface area (Å²) in [4.78, 5) is 27.7. The standard InChI is InChI=1S/C24H30BrN3O6S/c1-16(2)26-24(30)17(3)27(14-18-5-7-19(25)8-6-18)23(29)15-28(35(4,31)32)20-9-10-21-22(13-20)34-12-11-33-21/h5-10,13,16-17H,11-12,14-15H2,1-4H3,(H,26,30)/t17-/m1/s1. The van der Waals surface area contributed by atoms with E-state index in [4.69, 9.17) is 9.47 Å². The van der Waals surface area contributed by atoms with E-state index in [9.17, 15) is 18.0 Å². The summed E-state index contributed by atoms with van der Waals surface area (Å²) in [5.74, 6) is 0.0807. The van der Waals surface area contributed by atoms with E-state index in [1.807, 2.05) is 38.1 Å². The summed E-state index contributed by atoms with van der Waals surface area (Å²) in [5, 5.41) is 2.82. The van der Waals surface area contributed by atoms with Crippen LogP contribution in [0.5, 0.6) is 11.5 Å². The van der Waals surface area contributed by atoms with Gasteiger partial charge in [0.25, 0.3) is 0 Å². The molecule has 2 aromatic carbocycles. The van der Waals surface area contributed by atoms with Gasteiger partial charge >= 0.3 is 0 Å². The van der Waals surface area contributed by atoms with Crippen LogP contribution in [0.15, 0.2) is 46.9 Å². The molecule has 9 nitrogen and oxygen atoms in total. The van der Waals surface area contributed by atoms with Crippen molar-refractivity contribution >= 4 is 43.5 Å². The Kier molecular flexibility index (Phi) is 8.65. The van der Waals surface area contributed by atoms with Gasteiger partial charge in [-0.3, -0.25) is 13.9 Å². The van der Waals surface area contributed by atoms with Gasteiger partial charge in [0, 0.05) is 23.1 Å². The fourth-order valence-electron chi connectivity index (χ4n) is 3.58. The molecule has 1 N–H and O–H groups in total. The van der Waals surface area contributed by atoms with Gasteiger partial charge in [-0.05, 0) is 50.6 Å². The molecule has 3 rings (SSSR count). The third kappa shape index (κ3) is 7.11. The molecule has 0 radical (unpaired) electrons. The maximum Gasteiger partial charge on any atom is 0.244 e. The molecular formula is C24H30BrN3O6S. The number of anilines is 1. The van der Waals surface area contributed by atoms with E-state index in [2.05, 4.69) is 21.2 Å². The first kappa shape index (κ1) is 26.8. The number of nitrogens with zero attached hydrogens (tertiary/aromatic N) is 2. The van der Waals surface area contributed by atoms with Crippen LogP contribution in [0.1, 0.15) is 26.3 Å². The second kappa shape index (κ2) is 11.3. The third-order valence-corrected chi connectivity index (χ3v) is 7.03. The number of benzene rings is 2. The lowest BCUT2D eigenvalue weighted by molar-refractivity contribution is -0.139. The number of fused-ring (bicyclic) bond motifs is 1. The molecule has 0 bridgehead atoms. The number of sulfonamides is 1. The van der Waals surface area contributed by atoms with Gasteiger partial charge in [0.05, 0.1) is 11.9 Å². The number of rotatable bonds is 9. The van der Waals surface area contributed by atoms with E-state index in [0.29, 0.717) is 24.7 Å². The van der Waals surface area contributed by atoms with E-state index >= 15 is 0 Å². The van der Waals surface area contributed by atoms with E-state index in [0.717, 1.165) is 20.6 Å². The van der Waals surface area contributed by atoms with Crippen molar-refractivity contribution in [3.63, 3.8) is 0 Å². The zero-order chi connectivity index (χ0) is 25.8. The minimum atomic E-state index is -3.83. The van der Waals surface area contributed by atoms with Gasteiger partial charge in [-0.2, -0.15) is 0 Å². The summed E-state index contributed by atoms with van der Waals surface area (Å²) in [6.07, 6.45) is 1.03. The largest absolute Gasteiger partial charge is 0.486 e. The van der Waals surface area contributed by atoms with E-state index in [1.54, 1.807) is 19.1 Å². The Balaban J connectivity index is 1.91. The first-order chi connectivity index (χ1) is 16.5. The number of carbonyl (C=O) groups is 2. The van der Waals surface area contributed by atoms with Crippen molar-refractivity contribution in [3.8, 4) is 11.5 Å². The Bertz CT molecular complexity index is 1170. The molecule has 0 fully saturated rings. The van der Waals surface area contributed by atoms with Crippen molar-refractivity contribution in [2.45, 2.75) is 39.4 Å². The number of ether oxygens (including phenoxy) is 2. The quantitative estimate of drug-likeness (QED) is 0.499. The van der Waals surface area contributed by atoms with Crippen molar-refractivity contribution in [1.29, 1.82) is 0 Å². The van der Waals surface area contributed by atoms with Crippen LogP contribution in [0.2, 0.25) is 0 Å². The summed E-state index contributed by atoms with van der Waals surface area (Å²) in [7, 11) is -3.83. The first-order valence-electron chi connectivity index (χ1n) is 11.2. The molecular weight excluding hydrogens is 538 g/mol. The highest BCUT2D eigenvalue weighted by molar-refractivity contribution is 9.10. The number of halogens is 1. The zero-order valence-corrected chi connectivity index (χ0v) is 22.6. The molecule has 190 valence electrons. The minimum Gasteiger partial charge on any atom is -0.486 e. The summed E-state index contributed by atoms with van der Waals surface area (Å²) < 4.78 is 38.4. The van der Waals surface area contributed by atoms with Crippen LogP contribution >= 0.6 is 15.9 Å². The second-order valence-corrected chi connectivity index (χ2v) is 11.4. The number of hydrogen-bond donors (Lipinski definition) is 1. The van der Waals surface area contributed by atoms with Gasteiger partial charge < -0.3 is 19.7 Å². The van der Waals surface area contributed by atoms with Crippen molar-refractivity contribution < 1.29 is 27.5 Å². The summed E-state index contributed by atoms with van der Waals surface area (Å²) in [6, 6.07) is 11.1. The lowest BCUT2D eigenvalue weighted by atomic mass is 10.1. The van der Waals surface area contributed by atoms with E-state index in [-0.39, 0.29) is 24.2 Å². The number of hydrogen-bond acceptors (Lipinski definition) is 6. The molecule has 2 aromatic rings.